The molecule has 0 N–H and O–H groups in total. The molecule has 1 amide bonds. The lowest BCUT2D eigenvalue weighted by Gasteiger charge is -2.35. The van der Waals surface area contributed by atoms with Crippen LogP contribution in [-0.4, -0.2) is 32.5 Å². The van der Waals surface area contributed by atoms with Gasteiger partial charge in [0.2, 0.25) is 0 Å². The summed E-state index contributed by atoms with van der Waals surface area (Å²) in [5.74, 6) is 0. The van der Waals surface area contributed by atoms with Gasteiger partial charge in [0.25, 0.3) is 0 Å². The van der Waals surface area contributed by atoms with Gasteiger partial charge in [-0.15, -0.1) is 0 Å². The van der Waals surface area contributed by atoms with Gasteiger partial charge in [0.15, 0.2) is 8.32 Å². The monoisotopic (exact) mass is 423 g/mol. The first-order chi connectivity index (χ1) is 13.5. The van der Waals surface area contributed by atoms with Crippen LogP contribution in [0.1, 0.15) is 58.6 Å². The number of ether oxygens (including phenoxy) is 1. The van der Waals surface area contributed by atoms with Crippen LogP contribution in [0.2, 0.25) is 23.2 Å². The lowest BCUT2D eigenvalue weighted by Crippen LogP contribution is -2.38. The zero-order valence-electron chi connectivity index (χ0n) is 17.7. The van der Waals surface area contributed by atoms with Crippen molar-refractivity contribution in [3.8, 4) is 0 Å². The Hall–Kier alpha value is -1.30. The van der Waals surface area contributed by atoms with Crippen molar-refractivity contribution in [3.63, 3.8) is 0 Å². The Balaban J connectivity index is 2.46. The van der Waals surface area contributed by atoms with Gasteiger partial charge in [0.1, 0.15) is 6.61 Å². The molecule has 1 aromatic carbocycles. The van der Waals surface area contributed by atoms with Crippen molar-refractivity contribution in [3.05, 3.63) is 46.6 Å². The number of cyclic esters (lactones) is 1. The maximum atomic E-state index is 12.1. The fraction of sp³-hybridized carbons (Fsp3) is 0.591. The molecule has 0 radical (unpaired) electrons. The summed E-state index contributed by atoms with van der Waals surface area (Å²) < 4.78 is 12.1. The van der Waals surface area contributed by atoms with Crippen molar-refractivity contribution in [1.29, 1.82) is 0 Å². The van der Waals surface area contributed by atoms with Gasteiger partial charge >= 0.3 is 6.09 Å². The van der Waals surface area contributed by atoms with Crippen molar-refractivity contribution in [2.24, 2.45) is 0 Å². The van der Waals surface area contributed by atoms with Crippen LogP contribution in [-0.2, 0) is 9.16 Å². The molecule has 1 saturated heterocycles. The summed E-state index contributed by atoms with van der Waals surface area (Å²) in [7, 11) is -1.86. The number of carbonyl (C=O) groups excluding carboxylic acids is 1. The molecule has 2 rings (SSSR count). The Morgan fingerprint density at radius 2 is 1.86 bits per heavy atom. The van der Waals surface area contributed by atoms with Crippen molar-refractivity contribution in [2.45, 2.75) is 71.2 Å². The van der Waals surface area contributed by atoms with Crippen LogP contribution in [0.4, 0.5) is 4.79 Å². The van der Waals surface area contributed by atoms with Crippen LogP contribution < -0.4 is 0 Å². The molecule has 4 nitrogen and oxygen atoms in total. The highest BCUT2D eigenvalue weighted by Gasteiger charge is 2.34. The van der Waals surface area contributed by atoms with Gasteiger partial charge in [-0.1, -0.05) is 57.8 Å². The van der Waals surface area contributed by atoms with Gasteiger partial charge in [-0.3, -0.25) is 4.90 Å². The Morgan fingerprint density at radius 3 is 2.36 bits per heavy atom. The zero-order chi connectivity index (χ0) is 20.6. The summed E-state index contributed by atoms with van der Waals surface area (Å²) in [5.41, 5.74) is 2.25. The molecule has 1 aliphatic heterocycles. The third-order valence-corrected chi connectivity index (χ3v) is 10.6. The Kier molecular flexibility index (Phi) is 9.05. The molecule has 1 aromatic rings. The second kappa shape index (κ2) is 11.0. The normalized spacial score (nSPS) is 16.4. The van der Waals surface area contributed by atoms with Gasteiger partial charge in [-0.2, -0.15) is 0 Å². The van der Waals surface area contributed by atoms with E-state index in [2.05, 4.69) is 39.8 Å². The van der Waals surface area contributed by atoms with Gasteiger partial charge in [0, 0.05) is 11.2 Å². The molecule has 0 aliphatic carbocycles. The van der Waals surface area contributed by atoms with E-state index in [1.54, 1.807) is 4.90 Å². The van der Waals surface area contributed by atoms with E-state index < -0.39 is 8.32 Å². The number of carbonyl (C=O) groups is 1. The Bertz CT molecular complexity index is 650. The molecule has 1 heterocycles. The van der Waals surface area contributed by atoms with Crippen molar-refractivity contribution < 1.29 is 14.0 Å². The molecule has 1 unspecified atom stereocenters. The number of amides is 1. The molecular weight excluding hydrogens is 390 g/mol. The lowest BCUT2D eigenvalue weighted by molar-refractivity contribution is 0.165. The van der Waals surface area contributed by atoms with E-state index >= 15 is 0 Å². The van der Waals surface area contributed by atoms with Crippen LogP contribution in [0.25, 0.3) is 0 Å². The highest BCUT2D eigenvalue weighted by Crippen LogP contribution is 2.37. The summed E-state index contributed by atoms with van der Waals surface area (Å²) in [5, 5.41) is 0.717. The maximum Gasteiger partial charge on any atom is 0.413 e. The topological polar surface area (TPSA) is 38.8 Å². The molecular formula is C22H34ClNO3Si. The highest BCUT2D eigenvalue weighted by atomic mass is 35.5. The van der Waals surface area contributed by atoms with E-state index in [0.717, 1.165) is 53.6 Å². The van der Waals surface area contributed by atoms with Gasteiger partial charge in [0.05, 0.1) is 12.6 Å². The van der Waals surface area contributed by atoms with Gasteiger partial charge < -0.3 is 9.16 Å². The minimum Gasteiger partial charge on any atom is -0.447 e. The van der Waals surface area contributed by atoms with Crippen LogP contribution in [0.5, 0.6) is 0 Å². The molecule has 1 fully saturated rings. The zero-order valence-corrected chi connectivity index (χ0v) is 19.4. The first-order valence-corrected chi connectivity index (χ1v) is 13.5. The first kappa shape index (κ1) is 23.0. The van der Waals surface area contributed by atoms with Crippen LogP contribution >= 0.6 is 11.6 Å². The molecule has 1 atom stereocenters. The number of hydrogen-bond acceptors (Lipinski definition) is 3. The number of nitrogens with zero attached hydrogens (tertiary/aromatic N) is 1. The number of rotatable bonds is 11. The number of benzene rings is 1. The number of unbranched alkanes of at least 4 members (excludes halogenated alkanes) is 1. The summed E-state index contributed by atoms with van der Waals surface area (Å²) in [6.45, 7) is 9.95. The molecule has 6 heteroatoms. The predicted octanol–water partition coefficient (Wildman–Crippen LogP) is 6.93. The molecule has 0 aromatic heterocycles. The van der Waals surface area contributed by atoms with Crippen molar-refractivity contribution in [2.75, 3.05) is 13.2 Å². The lowest BCUT2D eigenvalue weighted by atomic mass is 9.98. The second-order valence-corrected chi connectivity index (χ2v) is 12.6. The smallest absolute Gasteiger partial charge is 0.413 e. The number of halogens is 1. The standard InChI is InChI=1S/C22H34ClNO3Si/c1-5-9-10-19(17-24-15-16-26-22(24)25)21(18-11-13-20(23)14-12-18)27-28(6-2,7-3)8-4/h11-14,17,21H,5-10,15-16H2,1-4H3/b19-17+. The molecule has 156 valence electrons. The summed E-state index contributed by atoms with van der Waals surface area (Å²) >= 11 is 6.13. The van der Waals surface area contributed by atoms with E-state index in [4.69, 9.17) is 20.8 Å². The van der Waals surface area contributed by atoms with Crippen molar-refractivity contribution >= 4 is 26.0 Å². The van der Waals surface area contributed by atoms with E-state index in [0.29, 0.717) is 13.2 Å². The molecule has 0 spiro atoms. The maximum absolute atomic E-state index is 12.1. The van der Waals surface area contributed by atoms with E-state index in [-0.39, 0.29) is 12.2 Å². The molecule has 28 heavy (non-hydrogen) atoms. The first-order valence-electron chi connectivity index (χ1n) is 10.6. The van der Waals surface area contributed by atoms with Crippen molar-refractivity contribution in [1.82, 2.24) is 4.90 Å². The van der Waals surface area contributed by atoms with E-state index in [1.165, 1.54) is 0 Å². The molecule has 0 bridgehead atoms. The largest absolute Gasteiger partial charge is 0.447 e. The molecule has 0 saturated carbocycles. The molecule has 1 aliphatic rings. The van der Waals surface area contributed by atoms with Gasteiger partial charge in [-0.05, 0) is 54.2 Å². The second-order valence-electron chi connectivity index (χ2n) is 7.41. The summed E-state index contributed by atoms with van der Waals surface area (Å²) in [4.78, 5) is 13.7. The number of hydrogen-bond donors (Lipinski definition) is 0. The fourth-order valence-electron chi connectivity index (χ4n) is 3.61. The predicted molar refractivity (Wildman–Crippen MR) is 118 cm³/mol. The van der Waals surface area contributed by atoms with E-state index in [1.807, 2.05) is 18.3 Å². The SMILES string of the molecule is CCCC/C(=C\N1CCOC1=O)C(O[Si](CC)(CC)CC)c1ccc(Cl)cc1. The van der Waals surface area contributed by atoms with Crippen LogP contribution in [0.3, 0.4) is 0 Å². The quantitative estimate of drug-likeness (QED) is 0.362. The summed E-state index contributed by atoms with van der Waals surface area (Å²) in [6.07, 6.45) is 4.60. The van der Waals surface area contributed by atoms with Gasteiger partial charge in [-0.25, -0.2) is 4.79 Å². The summed E-state index contributed by atoms with van der Waals surface area (Å²) in [6, 6.07) is 11.2. The minimum atomic E-state index is -1.86. The Labute approximate surface area is 176 Å². The third-order valence-electron chi connectivity index (χ3n) is 5.74. The van der Waals surface area contributed by atoms with Crippen LogP contribution in [0.15, 0.2) is 36.0 Å². The minimum absolute atomic E-state index is 0.149. The average molecular weight is 424 g/mol. The fourth-order valence-corrected chi connectivity index (χ4v) is 6.53. The van der Waals surface area contributed by atoms with Crippen LogP contribution in [0, 0.1) is 0 Å². The highest BCUT2D eigenvalue weighted by molar-refractivity contribution is 6.73. The third kappa shape index (κ3) is 5.85. The average Bonchev–Trinajstić information content (AvgIpc) is 3.12. The Morgan fingerprint density at radius 1 is 1.21 bits per heavy atom. The van der Waals surface area contributed by atoms with E-state index in [9.17, 15) is 4.79 Å².